The van der Waals surface area contributed by atoms with E-state index >= 15 is 0 Å². The van der Waals surface area contributed by atoms with E-state index in [2.05, 4.69) is 17.6 Å². The maximum absolute atomic E-state index is 13.0. The van der Waals surface area contributed by atoms with Crippen LogP contribution < -0.4 is 14.4 Å². The Hall–Kier alpha value is -3.51. The Morgan fingerprint density at radius 1 is 1.06 bits per heavy atom. The predicted octanol–water partition coefficient (Wildman–Crippen LogP) is 5.61. The number of hydrogen-bond acceptors (Lipinski definition) is 4. The highest BCUT2D eigenvalue weighted by atomic mass is 35.5. The van der Waals surface area contributed by atoms with Gasteiger partial charge in [0.25, 0.3) is 0 Å². The van der Waals surface area contributed by atoms with Crippen LogP contribution in [-0.4, -0.2) is 35.7 Å². The highest BCUT2D eigenvalue weighted by Gasteiger charge is 2.35. The lowest BCUT2D eigenvalue weighted by Crippen LogP contribution is -2.25. The summed E-state index contributed by atoms with van der Waals surface area (Å²) in [4.78, 5) is 19.7. The van der Waals surface area contributed by atoms with Crippen molar-refractivity contribution in [1.82, 2.24) is 9.55 Å². The normalized spacial score (nSPS) is 15.8. The van der Waals surface area contributed by atoms with Crippen LogP contribution in [0.4, 0.5) is 5.69 Å². The lowest BCUT2D eigenvalue weighted by Gasteiger charge is -2.19. The van der Waals surface area contributed by atoms with Crippen molar-refractivity contribution in [2.24, 2.45) is 0 Å². The maximum atomic E-state index is 13.0. The second-order valence-corrected chi connectivity index (χ2v) is 8.90. The zero-order chi connectivity index (χ0) is 23.7. The van der Waals surface area contributed by atoms with Crippen molar-refractivity contribution < 1.29 is 14.3 Å². The number of para-hydroxylation sites is 2. The fourth-order valence-electron chi connectivity index (χ4n) is 4.47. The van der Waals surface area contributed by atoms with Crippen LogP contribution in [0.1, 0.15) is 23.7 Å². The van der Waals surface area contributed by atoms with Gasteiger partial charge in [-0.15, -0.1) is 0 Å². The van der Waals surface area contributed by atoms with E-state index in [9.17, 15) is 4.79 Å². The molecule has 3 aromatic carbocycles. The molecule has 1 aliphatic rings. The van der Waals surface area contributed by atoms with Gasteiger partial charge in [0.1, 0.15) is 23.9 Å². The molecule has 6 nitrogen and oxygen atoms in total. The predicted molar refractivity (Wildman–Crippen MR) is 134 cm³/mol. The molecule has 1 aromatic heterocycles. The monoisotopic (exact) mass is 475 g/mol. The summed E-state index contributed by atoms with van der Waals surface area (Å²) in [5, 5.41) is 0.523. The van der Waals surface area contributed by atoms with Crippen molar-refractivity contribution in [2.75, 3.05) is 25.2 Å². The van der Waals surface area contributed by atoms with E-state index in [0.717, 1.165) is 22.6 Å². The van der Waals surface area contributed by atoms with Crippen molar-refractivity contribution in [3.05, 3.63) is 83.1 Å². The summed E-state index contributed by atoms with van der Waals surface area (Å²) in [6, 6.07) is 21.4. The molecular formula is C27H26ClN3O3. The zero-order valence-electron chi connectivity index (χ0n) is 19.2. The van der Waals surface area contributed by atoms with Crippen LogP contribution in [0.25, 0.3) is 11.0 Å². The van der Waals surface area contributed by atoms with Crippen LogP contribution in [0.2, 0.25) is 5.02 Å². The molecule has 174 valence electrons. The third-order valence-corrected chi connectivity index (χ3v) is 6.54. The molecule has 5 rings (SSSR count). The second kappa shape index (κ2) is 9.39. The molecule has 0 spiro atoms. The molecular weight excluding hydrogens is 450 g/mol. The van der Waals surface area contributed by atoms with Crippen molar-refractivity contribution in [3.8, 4) is 11.5 Å². The molecule has 0 aliphatic carbocycles. The van der Waals surface area contributed by atoms with Crippen molar-refractivity contribution in [2.45, 2.75) is 25.8 Å². The Morgan fingerprint density at radius 2 is 1.82 bits per heavy atom. The van der Waals surface area contributed by atoms with Gasteiger partial charge in [-0.05, 0) is 43.3 Å². The van der Waals surface area contributed by atoms with Gasteiger partial charge in [0.15, 0.2) is 0 Å². The standard InChI is InChI=1S/C27H26ClN3O3/c1-18-7-9-20(10-8-18)34-14-13-30-24-6-4-3-5-23(24)29-27(30)19-15-26(32)31(17-19)25-16-21(33-2)11-12-22(25)28/h3-12,16,19H,13-15,17H2,1-2H3/t19-/m1/s1. The molecule has 4 aromatic rings. The number of anilines is 1. The van der Waals surface area contributed by atoms with E-state index in [1.54, 1.807) is 30.2 Å². The zero-order valence-corrected chi connectivity index (χ0v) is 20.0. The number of halogens is 1. The molecule has 1 aliphatic heterocycles. The third kappa shape index (κ3) is 4.33. The summed E-state index contributed by atoms with van der Waals surface area (Å²) >= 11 is 6.44. The molecule has 2 heterocycles. The highest BCUT2D eigenvalue weighted by Crippen LogP contribution is 2.37. The van der Waals surface area contributed by atoms with Crippen LogP contribution in [0.3, 0.4) is 0 Å². The van der Waals surface area contributed by atoms with Crippen LogP contribution in [0.15, 0.2) is 66.7 Å². The molecule has 0 bridgehead atoms. The second-order valence-electron chi connectivity index (χ2n) is 8.49. The summed E-state index contributed by atoms with van der Waals surface area (Å²) in [6.07, 6.45) is 0.371. The summed E-state index contributed by atoms with van der Waals surface area (Å²) in [5.41, 5.74) is 3.81. The number of benzene rings is 3. The number of nitrogens with zero attached hydrogens (tertiary/aromatic N) is 3. The summed E-state index contributed by atoms with van der Waals surface area (Å²) in [6.45, 7) is 3.70. The number of hydrogen-bond donors (Lipinski definition) is 0. The molecule has 0 unspecified atom stereocenters. The first-order valence-electron chi connectivity index (χ1n) is 11.3. The number of ether oxygens (including phenoxy) is 2. The van der Waals surface area contributed by atoms with E-state index in [4.69, 9.17) is 26.1 Å². The van der Waals surface area contributed by atoms with Gasteiger partial charge in [-0.3, -0.25) is 4.79 Å². The largest absolute Gasteiger partial charge is 0.497 e. The Bertz CT molecular complexity index is 1330. The number of fused-ring (bicyclic) bond motifs is 1. The summed E-state index contributed by atoms with van der Waals surface area (Å²) in [5.74, 6) is 2.36. The summed E-state index contributed by atoms with van der Waals surface area (Å²) in [7, 11) is 1.60. The third-order valence-electron chi connectivity index (χ3n) is 6.22. The quantitative estimate of drug-likeness (QED) is 0.349. The van der Waals surface area contributed by atoms with E-state index in [0.29, 0.717) is 42.6 Å². The maximum Gasteiger partial charge on any atom is 0.227 e. The van der Waals surface area contributed by atoms with Crippen LogP contribution in [0.5, 0.6) is 11.5 Å². The van der Waals surface area contributed by atoms with Crippen molar-refractivity contribution >= 4 is 34.2 Å². The molecule has 0 radical (unpaired) electrons. The Morgan fingerprint density at radius 3 is 2.62 bits per heavy atom. The molecule has 34 heavy (non-hydrogen) atoms. The molecule has 7 heteroatoms. The van der Waals surface area contributed by atoms with Gasteiger partial charge in [0, 0.05) is 24.9 Å². The van der Waals surface area contributed by atoms with E-state index in [1.165, 1.54) is 5.56 Å². The van der Waals surface area contributed by atoms with Crippen LogP contribution in [-0.2, 0) is 11.3 Å². The van der Waals surface area contributed by atoms with Gasteiger partial charge < -0.3 is 18.9 Å². The SMILES string of the molecule is COc1ccc(Cl)c(N2C[C@H](c3nc4ccccc4n3CCOc3ccc(C)cc3)CC2=O)c1. The number of imidazole rings is 1. The van der Waals surface area contributed by atoms with Gasteiger partial charge in [-0.1, -0.05) is 41.4 Å². The first-order valence-corrected chi connectivity index (χ1v) is 11.7. The topological polar surface area (TPSA) is 56.6 Å². The van der Waals surface area contributed by atoms with E-state index in [1.807, 2.05) is 42.5 Å². The molecule has 0 saturated carbocycles. The number of amides is 1. The molecule has 1 saturated heterocycles. The van der Waals surface area contributed by atoms with Gasteiger partial charge in [-0.25, -0.2) is 4.98 Å². The average molecular weight is 476 g/mol. The molecule has 1 fully saturated rings. The summed E-state index contributed by atoms with van der Waals surface area (Å²) < 4.78 is 13.5. The molecule has 1 atom stereocenters. The fraction of sp³-hybridized carbons (Fsp3) is 0.259. The number of aromatic nitrogens is 2. The van der Waals surface area contributed by atoms with Gasteiger partial charge in [-0.2, -0.15) is 0 Å². The number of carbonyl (C=O) groups is 1. The van der Waals surface area contributed by atoms with Gasteiger partial charge >= 0.3 is 0 Å². The highest BCUT2D eigenvalue weighted by molar-refractivity contribution is 6.34. The number of methoxy groups -OCH3 is 1. The minimum absolute atomic E-state index is 0.0228. The van der Waals surface area contributed by atoms with Crippen LogP contribution in [0, 0.1) is 6.92 Å². The first kappa shape index (κ1) is 22.3. The lowest BCUT2D eigenvalue weighted by atomic mass is 10.1. The number of rotatable bonds is 7. The van der Waals surface area contributed by atoms with E-state index < -0.39 is 0 Å². The average Bonchev–Trinajstić information content (AvgIpc) is 3.41. The van der Waals surface area contributed by atoms with Crippen molar-refractivity contribution in [3.63, 3.8) is 0 Å². The Kier molecular flexibility index (Phi) is 6.16. The van der Waals surface area contributed by atoms with Gasteiger partial charge in [0.2, 0.25) is 5.91 Å². The Labute approximate surface area is 203 Å². The number of carbonyl (C=O) groups excluding carboxylic acids is 1. The number of aryl methyl sites for hydroxylation is 1. The molecule has 1 amide bonds. The van der Waals surface area contributed by atoms with Crippen molar-refractivity contribution in [1.29, 1.82) is 0 Å². The van der Waals surface area contributed by atoms with Crippen LogP contribution >= 0.6 is 11.6 Å². The van der Waals surface area contributed by atoms with E-state index in [-0.39, 0.29) is 11.8 Å². The Balaban J connectivity index is 1.41. The minimum atomic E-state index is -0.0541. The fourth-order valence-corrected chi connectivity index (χ4v) is 4.69. The first-order chi connectivity index (χ1) is 16.5. The smallest absolute Gasteiger partial charge is 0.227 e. The lowest BCUT2D eigenvalue weighted by molar-refractivity contribution is -0.117. The minimum Gasteiger partial charge on any atom is -0.497 e. The van der Waals surface area contributed by atoms with Gasteiger partial charge in [0.05, 0.1) is 35.4 Å². The molecule has 0 N–H and O–H groups in total.